The third-order valence-electron chi connectivity index (χ3n) is 3.45. The van der Waals surface area contributed by atoms with E-state index in [1.165, 1.54) is 0 Å². The van der Waals surface area contributed by atoms with Crippen LogP contribution in [0.1, 0.15) is 30.7 Å². The topological polar surface area (TPSA) is 59.5 Å². The van der Waals surface area contributed by atoms with Crippen LogP contribution in [0.15, 0.2) is 6.20 Å². The molecule has 118 valence electrons. The minimum absolute atomic E-state index is 0.0407. The molecular weight excluding hydrogens is 288 g/mol. The van der Waals surface area contributed by atoms with Gasteiger partial charge in [0.25, 0.3) is 0 Å². The molecule has 0 aliphatic rings. The highest BCUT2D eigenvalue weighted by atomic mass is 32.2. The number of carbonyl (C=O) groups excluding carboxylic acids is 1. The van der Waals surface area contributed by atoms with Gasteiger partial charge in [0, 0.05) is 41.2 Å². The van der Waals surface area contributed by atoms with E-state index in [4.69, 9.17) is 4.74 Å². The Morgan fingerprint density at radius 2 is 1.95 bits per heavy atom. The first-order valence-corrected chi connectivity index (χ1v) is 8.55. The second-order valence-corrected chi connectivity index (χ2v) is 6.30. The molecule has 0 saturated carbocycles. The van der Waals surface area contributed by atoms with Gasteiger partial charge < -0.3 is 9.64 Å². The van der Waals surface area contributed by atoms with E-state index in [0.717, 1.165) is 22.6 Å². The molecule has 1 aromatic heterocycles. The van der Waals surface area contributed by atoms with E-state index in [2.05, 4.69) is 4.98 Å². The molecule has 0 bridgehead atoms. The molecule has 1 aromatic rings. The SMILES string of the molecule is CCN(CC)C(=O)C[S@](=O)Cc1ncc(C)c(OC)c1C. The lowest BCUT2D eigenvalue weighted by Gasteiger charge is -2.18. The van der Waals surface area contributed by atoms with E-state index in [1.54, 1.807) is 18.2 Å². The summed E-state index contributed by atoms with van der Waals surface area (Å²) in [6, 6.07) is 0. The van der Waals surface area contributed by atoms with Gasteiger partial charge in [-0.2, -0.15) is 0 Å². The van der Waals surface area contributed by atoms with Gasteiger partial charge in [0.2, 0.25) is 5.91 Å². The van der Waals surface area contributed by atoms with Crippen LogP contribution in [0.5, 0.6) is 5.75 Å². The zero-order valence-electron chi connectivity index (χ0n) is 13.4. The molecule has 1 atom stereocenters. The standard InChI is InChI=1S/C15H24N2O3S/c1-6-17(7-2)14(18)10-21(19)9-13-12(4)15(20-5)11(3)8-16-13/h8H,6-7,9-10H2,1-5H3/t21-/m1/s1. The van der Waals surface area contributed by atoms with Crippen molar-refractivity contribution in [2.24, 2.45) is 0 Å². The number of nitrogens with zero attached hydrogens (tertiary/aromatic N) is 2. The van der Waals surface area contributed by atoms with Gasteiger partial charge in [-0.1, -0.05) is 0 Å². The second kappa shape index (κ2) is 8.12. The third-order valence-corrected chi connectivity index (χ3v) is 4.61. The van der Waals surface area contributed by atoms with Crippen LogP contribution in [0.3, 0.4) is 0 Å². The van der Waals surface area contributed by atoms with Crippen molar-refractivity contribution < 1.29 is 13.7 Å². The lowest BCUT2D eigenvalue weighted by atomic mass is 10.1. The summed E-state index contributed by atoms with van der Waals surface area (Å²) in [5, 5.41) is 0. The van der Waals surface area contributed by atoms with Crippen LogP contribution in [0.4, 0.5) is 0 Å². The number of amides is 1. The van der Waals surface area contributed by atoms with E-state index in [0.29, 0.717) is 13.1 Å². The molecule has 21 heavy (non-hydrogen) atoms. The molecule has 6 heteroatoms. The summed E-state index contributed by atoms with van der Waals surface area (Å²) in [6.07, 6.45) is 1.71. The lowest BCUT2D eigenvalue weighted by molar-refractivity contribution is -0.128. The number of ether oxygens (including phenoxy) is 1. The molecule has 1 amide bonds. The fourth-order valence-corrected chi connectivity index (χ4v) is 3.38. The smallest absolute Gasteiger partial charge is 0.235 e. The van der Waals surface area contributed by atoms with Crippen molar-refractivity contribution in [3.05, 3.63) is 23.0 Å². The van der Waals surface area contributed by atoms with Crippen molar-refractivity contribution in [1.82, 2.24) is 9.88 Å². The van der Waals surface area contributed by atoms with E-state index in [9.17, 15) is 9.00 Å². The van der Waals surface area contributed by atoms with E-state index < -0.39 is 10.8 Å². The molecule has 0 aliphatic heterocycles. The predicted molar refractivity (Wildman–Crippen MR) is 84.9 cm³/mol. The van der Waals surface area contributed by atoms with Crippen molar-refractivity contribution >= 4 is 16.7 Å². The first kappa shape index (κ1) is 17.6. The molecular formula is C15H24N2O3S. The van der Waals surface area contributed by atoms with Crippen LogP contribution < -0.4 is 4.74 Å². The quantitative estimate of drug-likeness (QED) is 0.770. The van der Waals surface area contributed by atoms with Crippen molar-refractivity contribution in [2.45, 2.75) is 33.4 Å². The molecule has 5 nitrogen and oxygen atoms in total. The van der Waals surface area contributed by atoms with Crippen LogP contribution in [-0.4, -0.2) is 46.0 Å². The van der Waals surface area contributed by atoms with Gasteiger partial charge in [0.05, 0.1) is 18.6 Å². The molecule has 0 fully saturated rings. The number of hydrogen-bond acceptors (Lipinski definition) is 4. The average Bonchev–Trinajstić information content (AvgIpc) is 2.44. The van der Waals surface area contributed by atoms with Crippen LogP contribution in [0, 0.1) is 13.8 Å². The van der Waals surface area contributed by atoms with Gasteiger partial charge in [-0.3, -0.25) is 14.0 Å². The summed E-state index contributed by atoms with van der Waals surface area (Å²) >= 11 is 0. The highest BCUT2D eigenvalue weighted by Gasteiger charge is 2.16. The Balaban J connectivity index is 2.78. The third kappa shape index (κ3) is 4.52. The van der Waals surface area contributed by atoms with Crippen molar-refractivity contribution in [2.75, 3.05) is 26.0 Å². The Kier molecular flexibility index (Phi) is 6.81. The van der Waals surface area contributed by atoms with Gasteiger partial charge in [-0.05, 0) is 27.7 Å². The zero-order chi connectivity index (χ0) is 16.0. The minimum atomic E-state index is -1.26. The van der Waals surface area contributed by atoms with Gasteiger partial charge in [0.1, 0.15) is 11.5 Å². The van der Waals surface area contributed by atoms with Gasteiger partial charge in [0.15, 0.2) is 0 Å². The Hall–Kier alpha value is -1.43. The van der Waals surface area contributed by atoms with Crippen LogP contribution in [-0.2, 0) is 21.3 Å². The summed E-state index contributed by atoms with van der Waals surface area (Å²) in [4.78, 5) is 18.0. The molecule has 1 heterocycles. The van der Waals surface area contributed by atoms with E-state index >= 15 is 0 Å². The maximum Gasteiger partial charge on any atom is 0.235 e. The monoisotopic (exact) mass is 312 g/mol. The van der Waals surface area contributed by atoms with Crippen LogP contribution in [0.2, 0.25) is 0 Å². The second-order valence-electron chi connectivity index (χ2n) is 4.84. The first-order chi connectivity index (χ1) is 9.94. The summed E-state index contributed by atoms with van der Waals surface area (Å²) in [6.45, 7) is 8.94. The molecule has 0 radical (unpaired) electrons. The average molecular weight is 312 g/mol. The molecule has 0 N–H and O–H groups in total. The molecule has 0 aromatic carbocycles. The van der Waals surface area contributed by atoms with E-state index in [-0.39, 0.29) is 17.4 Å². The fraction of sp³-hybridized carbons (Fsp3) is 0.600. The van der Waals surface area contributed by atoms with Crippen molar-refractivity contribution in [3.63, 3.8) is 0 Å². The number of aromatic nitrogens is 1. The number of methoxy groups -OCH3 is 1. The van der Waals surface area contributed by atoms with Gasteiger partial charge >= 0.3 is 0 Å². The molecule has 0 aliphatic carbocycles. The van der Waals surface area contributed by atoms with Crippen molar-refractivity contribution in [3.8, 4) is 5.75 Å². The van der Waals surface area contributed by atoms with Crippen molar-refractivity contribution in [1.29, 1.82) is 0 Å². The predicted octanol–water partition coefficient (Wildman–Crippen LogP) is 1.82. The molecule has 1 rings (SSSR count). The van der Waals surface area contributed by atoms with Crippen LogP contribution in [0.25, 0.3) is 0 Å². The minimum Gasteiger partial charge on any atom is -0.496 e. The number of hydrogen-bond donors (Lipinski definition) is 0. The maximum absolute atomic E-state index is 12.2. The largest absolute Gasteiger partial charge is 0.496 e. The highest BCUT2D eigenvalue weighted by molar-refractivity contribution is 7.84. The number of aryl methyl sites for hydroxylation is 1. The number of carbonyl (C=O) groups is 1. The summed E-state index contributed by atoms with van der Waals surface area (Å²) in [5.41, 5.74) is 2.56. The molecule has 0 spiro atoms. The fourth-order valence-electron chi connectivity index (χ4n) is 2.23. The summed E-state index contributed by atoms with van der Waals surface area (Å²) in [7, 11) is 0.350. The Morgan fingerprint density at radius 3 is 2.48 bits per heavy atom. The summed E-state index contributed by atoms with van der Waals surface area (Å²) in [5.74, 6) is 1.01. The van der Waals surface area contributed by atoms with Gasteiger partial charge in [-0.15, -0.1) is 0 Å². The maximum atomic E-state index is 12.2. The Labute approximate surface area is 129 Å². The zero-order valence-corrected chi connectivity index (χ0v) is 14.2. The lowest BCUT2D eigenvalue weighted by Crippen LogP contribution is -2.34. The van der Waals surface area contributed by atoms with Crippen LogP contribution >= 0.6 is 0 Å². The number of pyridine rings is 1. The number of rotatable bonds is 7. The summed E-state index contributed by atoms with van der Waals surface area (Å²) < 4.78 is 17.5. The highest BCUT2D eigenvalue weighted by Crippen LogP contribution is 2.24. The first-order valence-electron chi connectivity index (χ1n) is 7.06. The van der Waals surface area contributed by atoms with E-state index in [1.807, 2.05) is 27.7 Å². The van der Waals surface area contributed by atoms with Gasteiger partial charge in [-0.25, -0.2) is 0 Å². The Morgan fingerprint density at radius 1 is 1.33 bits per heavy atom. The Bertz CT molecular complexity index is 528. The normalized spacial score (nSPS) is 12.0. The molecule has 0 unspecified atom stereocenters. The molecule has 0 saturated heterocycles.